The number of rotatable bonds is 4. The molecule has 6 heteroatoms. The first-order valence-electron chi connectivity index (χ1n) is 9.57. The number of hydrogen-bond donors (Lipinski definition) is 0. The SMILES string of the molecule is Cc1ccccc1[C@@H]1[C@@H]2CN(C(=O)CCc3ccccn3)C[C@@H]2CN1C.Cl.Cl. The van der Waals surface area contributed by atoms with Crippen LogP contribution in [0.15, 0.2) is 48.7 Å². The van der Waals surface area contributed by atoms with Crippen molar-refractivity contribution in [1.82, 2.24) is 14.8 Å². The molecule has 0 bridgehead atoms. The van der Waals surface area contributed by atoms with Crippen LogP contribution in [0.1, 0.15) is 29.3 Å². The molecule has 1 amide bonds. The summed E-state index contributed by atoms with van der Waals surface area (Å²) >= 11 is 0. The molecule has 0 N–H and O–H groups in total. The monoisotopic (exact) mass is 421 g/mol. The average molecular weight is 422 g/mol. The molecule has 2 fully saturated rings. The van der Waals surface area contributed by atoms with Gasteiger partial charge in [-0.3, -0.25) is 14.7 Å². The van der Waals surface area contributed by atoms with E-state index in [0.717, 1.165) is 31.7 Å². The van der Waals surface area contributed by atoms with Crippen molar-refractivity contribution in [3.8, 4) is 0 Å². The van der Waals surface area contributed by atoms with E-state index in [4.69, 9.17) is 0 Å². The van der Waals surface area contributed by atoms with E-state index in [1.165, 1.54) is 11.1 Å². The van der Waals surface area contributed by atoms with Crippen LogP contribution in [0.5, 0.6) is 0 Å². The Kier molecular flexibility index (Phi) is 7.87. The van der Waals surface area contributed by atoms with E-state index >= 15 is 0 Å². The number of carbonyl (C=O) groups excluding carboxylic acids is 1. The van der Waals surface area contributed by atoms with Crippen molar-refractivity contribution in [3.63, 3.8) is 0 Å². The van der Waals surface area contributed by atoms with Gasteiger partial charge < -0.3 is 4.90 Å². The standard InChI is InChI=1S/C22H27N3O.2ClH/c1-16-7-3-4-9-19(16)22-20-15-25(14-17(20)13-24(22)2)21(26)11-10-18-8-5-6-12-23-18;;/h3-9,12,17,20,22H,10-11,13-15H2,1-2H3;2*1H/t17-,20+,22+;;/m0../s1. The Bertz CT molecular complexity index is 786. The van der Waals surface area contributed by atoms with Gasteiger partial charge in [-0.2, -0.15) is 0 Å². The van der Waals surface area contributed by atoms with Crippen LogP contribution in [0.25, 0.3) is 0 Å². The summed E-state index contributed by atoms with van der Waals surface area (Å²) in [6.45, 7) is 5.06. The molecule has 4 rings (SSSR count). The van der Waals surface area contributed by atoms with Crippen LogP contribution < -0.4 is 0 Å². The molecule has 1 aromatic carbocycles. The first kappa shape index (κ1) is 22.7. The number of aryl methyl sites for hydroxylation is 2. The van der Waals surface area contributed by atoms with Gasteiger partial charge >= 0.3 is 0 Å². The molecular weight excluding hydrogens is 393 g/mol. The summed E-state index contributed by atoms with van der Waals surface area (Å²) < 4.78 is 0. The molecule has 152 valence electrons. The van der Waals surface area contributed by atoms with Crippen molar-refractivity contribution in [2.24, 2.45) is 11.8 Å². The van der Waals surface area contributed by atoms with E-state index in [9.17, 15) is 4.79 Å². The second-order valence-electron chi connectivity index (χ2n) is 7.78. The molecule has 4 nitrogen and oxygen atoms in total. The van der Waals surface area contributed by atoms with Gasteiger partial charge in [-0.25, -0.2) is 0 Å². The maximum Gasteiger partial charge on any atom is 0.222 e. The van der Waals surface area contributed by atoms with E-state index in [1.807, 2.05) is 18.2 Å². The van der Waals surface area contributed by atoms with E-state index in [2.05, 4.69) is 53.0 Å². The Morgan fingerprint density at radius 1 is 1.07 bits per heavy atom. The van der Waals surface area contributed by atoms with Gasteiger partial charge in [0.05, 0.1) is 0 Å². The van der Waals surface area contributed by atoms with E-state index in [-0.39, 0.29) is 30.7 Å². The Balaban J connectivity index is 0.00000140. The summed E-state index contributed by atoms with van der Waals surface area (Å²) in [4.78, 5) is 21.6. The molecule has 0 radical (unpaired) electrons. The second-order valence-corrected chi connectivity index (χ2v) is 7.78. The van der Waals surface area contributed by atoms with Gasteiger partial charge in [-0.05, 0) is 49.6 Å². The van der Waals surface area contributed by atoms with Crippen LogP contribution in [-0.4, -0.2) is 47.4 Å². The zero-order valence-corrected chi connectivity index (χ0v) is 18.1. The lowest BCUT2D eigenvalue weighted by Crippen LogP contribution is -2.33. The molecule has 3 heterocycles. The van der Waals surface area contributed by atoms with Crippen molar-refractivity contribution in [3.05, 3.63) is 65.5 Å². The largest absolute Gasteiger partial charge is 0.342 e. The Labute approximate surface area is 180 Å². The highest BCUT2D eigenvalue weighted by atomic mass is 35.5. The molecule has 0 unspecified atom stereocenters. The predicted octanol–water partition coefficient (Wildman–Crippen LogP) is 3.93. The number of pyridine rings is 1. The quantitative estimate of drug-likeness (QED) is 0.749. The van der Waals surface area contributed by atoms with Crippen LogP contribution in [0.4, 0.5) is 0 Å². The highest BCUT2D eigenvalue weighted by Crippen LogP contribution is 2.44. The van der Waals surface area contributed by atoms with Crippen LogP contribution in [0.3, 0.4) is 0 Å². The van der Waals surface area contributed by atoms with Crippen molar-refractivity contribution < 1.29 is 4.79 Å². The molecule has 1 aromatic heterocycles. The molecule has 2 aliphatic rings. The number of aromatic nitrogens is 1. The van der Waals surface area contributed by atoms with Gasteiger partial charge in [0.25, 0.3) is 0 Å². The zero-order chi connectivity index (χ0) is 18.1. The lowest BCUT2D eigenvalue weighted by Gasteiger charge is -2.28. The first-order valence-corrected chi connectivity index (χ1v) is 9.57. The van der Waals surface area contributed by atoms with Gasteiger partial charge in [-0.15, -0.1) is 24.8 Å². The number of hydrogen-bond acceptors (Lipinski definition) is 3. The van der Waals surface area contributed by atoms with Gasteiger partial charge in [0.1, 0.15) is 0 Å². The van der Waals surface area contributed by atoms with Crippen molar-refractivity contribution in [2.45, 2.75) is 25.8 Å². The molecule has 0 spiro atoms. The minimum Gasteiger partial charge on any atom is -0.342 e. The predicted molar refractivity (Wildman–Crippen MR) is 117 cm³/mol. The third-order valence-corrected chi connectivity index (χ3v) is 6.08. The zero-order valence-electron chi connectivity index (χ0n) is 16.5. The molecule has 2 aromatic rings. The molecular formula is C22H29Cl2N3O. The molecule has 2 aliphatic heterocycles. The van der Waals surface area contributed by atoms with Crippen LogP contribution in [-0.2, 0) is 11.2 Å². The lowest BCUT2D eigenvalue weighted by molar-refractivity contribution is -0.130. The Morgan fingerprint density at radius 3 is 2.54 bits per heavy atom. The highest BCUT2D eigenvalue weighted by Gasteiger charge is 2.47. The highest BCUT2D eigenvalue weighted by molar-refractivity contribution is 5.85. The van der Waals surface area contributed by atoms with Crippen LogP contribution >= 0.6 is 24.8 Å². The van der Waals surface area contributed by atoms with E-state index in [0.29, 0.717) is 24.3 Å². The lowest BCUT2D eigenvalue weighted by atomic mass is 9.88. The number of likely N-dealkylation sites (tertiary alicyclic amines) is 2. The number of amides is 1. The minimum atomic E-state index is 0. The number of nitrogens with zero attached hydrogens (tertiary/aromatic N) is 3. The smallest absolute Gasteiger partial charge is 0.222 e. The van der Waals surface area contributed by atoms with Gasteiger partial charge in [0.2, 0.25) is 5.91 Å². The van der Waals surface area contributed by atoms with Crippen LogP contribution in [0.2, 0.25) is 0 Å². The fraction of sp³-hybridized carbons (Fsp3) is 0.455. The summed E-state index contributed by atoms with van der Waals surface area (Å²) in [5.74, 6) is 1.40. The third kappa shape index (κ3) is 4.51. The fourth-order valence-electron chi connectivity index (χ4n) is 4.79. The van der Waals surface area contributed by atoms with E-state index in [1.54, 1.807) is 6.20 Å². The molecule has 0 aliphatic carbocycles. The Hall–Kier alpha value is -1.62. The summed E-state index contributed by atoms with van der Waals surface area (Å²) in [6, 6.07) is 15.0. The number of carbonyl (C=O) groups is 1. The van der Waals surface area contributed by atoms with Crippen molar-refractivity contribution in [2.75, 3.05) is 26.7 Å². The van der Waals surface area contributed by atoms with Crippen LogP contribution in [0, 0.1) is 18.8 Å². The molecule has 0 saturated carbocycles. The summed E-state index contributed by atoms with van der Waals surface area (Å²) in [5, 5.41) is 0. The maximum absolute atomic E-state index is 12.7. The third-order valence-electron chi connectivity index (χ3n) is 6.08. The number of halogens is 2. The number of fused-ring (bicyclic) bond motifs is 1. The normalized spacial score (nSPS) is 23.6. The second kappa shape index (κ2) is 9.73. The number of benzene rings is 1. The van der Waals surface area contributed by atoms with E-state index < -0.39 is 0 Å². The van der Waals surface area contributed by atoms with Gasteiger partial charge in [0, 0.05) is 49.9 Å². The minimum absolute atomic E-state index is 0. The summed E-state index contributed by atoms with van der Waals surface area (Å²) in [5.41, 5.74) is 3.77. The average Bonchev–Trinajstić information content (AvgIpc) is 3.18. The molecule has 28 heavy (non-hydrogen) atoms. The molecule has 3 atom stereocenters. The topological polar surface area (TPSA) is 36.4 Å². The summed E-state index contributed by atoms with van der Waals surface area (Å²) in [7, 11) is 2.22. The van der Waals surface area contributed by atoms with Crippen molar-refractivity contribution in [1.29, 1.82) is 0 Å². The van der Waals surface area contributed by atoms with Crippen molar-refractivity contribution >= 4 is 30.7 Å². The maximum atomic E-state index is 12.7. The van der Waals surface area contributed by atoms with Gasteiger partial charge in [-0.1, -0.05) is 30.3 Å². The first-order chi connectivity index (χ1) is 12.6. The fourth-order valence-corrected chi connectivity index (χ4v) is 4.79. The Morgan fingerprint density at radius 2 is 1.82 bits per heavy atom. The van der Waals surface area contributed by atoms with Gasteiger partial charge in [0.15, 0.2) is 0 Å². The molecule has 2 saturated heterocycles. The summed E-state index contributed by atoms with van der Waals surface area (Å²) in [6.07, 6.45) is 3.08.